The van der Waals surface area contributed by atoms with Crippen molar-refractivity contribution in [3.05, 3.63) is 88.6 Å². The van der Waals surface area contributed by atoms with E-state index in [0.29, 0.717) is 30.2 Å². The van der Waals surface area contributed by atoms with Crippen molar-refractivity contribution < 1.29 is 28.7 Å². The lowest BCUT2D eigenvalue weighted by atomic mass is 9.99. The number of nitrogens with zero attached hydrogens (tertiary/aromatic N) is 1. The Balaban J connectivity index is 1.22. The van der Waals surface area contributed by atoms with E-state index < -0.39 is 23.6 Å². The molecule has 2 aromatic carbocycles. The number of para-hydroxylation sites is 2. The fraction of sp³-hybridized carbons (Fsp3) is 0.160. The highest BCUT2D eigenvalue weighted by Crippen LogP contribution is 2.30. The molecule has 11 heteroatoms. The molecule has 0 radical (unpaired) electrons. The Kier molecular flexibility index (Phi) is 8.27. The second-order valence-corrected chi connectivity index (χ2v) is 8.62. The van der Waals surface area contributed by atoms with Gasteiger partial charge in [-0.05, 0) is 30.7 Å². The summed E-state index contributed by atoms with van der Waals surface area (Å²) in [5.74, 6) is -0.535. The first-order valence-corrected chi connectivity index (χ1v) is 12.0. The number of Topliss-reactive ketones (excluding diaryl/α,β-unsaturated/α-hetero) is 1. The minimum Gasteiger partial charge on any atom is -0.410 e. The first-order chi connectivity index (χ1) is 17.5. The molecule has 1 aromatic heterocycles. The van der Waals surface area contributed by atoms with Gasteiger partial charge in [0.15, 0.2) is 0 Å². The van der Waals surface area contributed by atoms with Crippen LogP contribution in [0.1, 0.15) is 37.8 Å². The Morgan fingerprint density at radius 1 is 1.00 bits per heavy atom. The van der Waals surface area contributed by atoms with Crippen molar-refractivity contribution >= 4 is 41.0 Å². The second-order valence-electron chi connectivity index (χ2n) is 7.48. The molecule has 0 unspecified atom stereocenters. The molecule has 1 aliphatic rings. The lowest BCUT2D eigenvalue weighted by Crippen LogP contribution is -2.29. The van der Waals surface area contributed by atoms with Crippen molar-refractivity contribution in [2.45, 2.75) is 6.42 Å². The number of anilines is 1. The van der Waals surface area contributed by atoms with Gasteiger partial charge < -0.3 is 14.8 Å². The molecular weight excluding hydrogens is 484 g/mol. The average molecular weight is 507 g/mol. The number of H-pyrrole nitrogens is 1. The number of rotatable bonds is 10. The maximum absolute atomic E-state index is 13.0. The zero-order valence-electron chi connectivity index (χ0n) is 19.0. The van der Waals surface area contributed by atoms with Crippen LogP contribution < -0.4 is 15.4 Å². The van der Waals surface area contributed by atoms with Gasteiger partial charge in [0.2, 0.25) is 11.6 Å². The van der Waals surface area contributed by atoms with Gasteiger partial charge in [0.1, 0.15) is 23.9 Å². The fourth-order valence-corrected chi connectivity index (χ4v) is 4.17. The average Bonchev–Trinajstić information content (AvgIpc) is 3.34. The maximum Gasteiger partial charge on any atom is 0.414 e. The largest absolute Gasteiger partial charge is 0.414 e. The van der Waals surface area contributed by atoms with E-state index in [4.69, 9.17) is 9.47 Å². The number of benzene rings is 2. The number of carbonyl (C=O) groups excluding carboxylic acids is 4. The van der Waals surface area contributed by atoms with E-state index in [1.807, 2.05) is 12.1 Å². The number of aromatic nitrogens is 2. The second kappa shape index (κ2) is 12.0. The summed E-state index contributed by atoms with van der Waals surface area (Å²) in [5.41, 5.74) is 0.388. The molecule has 0 atom stereocenters. The molecule has 0 saturated heterocycles. The molecule has 0 spiro atoms. The molecule has 0 aliphatic heterocycles. The molecule has 0 bridgehead atoms. The third kappa shape index (κ3) is 6.26. The summed E-state index contributed by atoms with van der Waals surface area (Å²) in [5, 5.41) is 11.6. The van der Waals surface area contributed by atoms with Crippen molar-refractivity contribution in [1.82, 2.24) is 15.5 Å². The van der Waals surface area contributed by atoms with Gasteiger partial charge in [-0.2, -0.15) is 5.10 Å². The summed E-state index contributed by atoms with van der Waals surface area (Å²) < 4.78 is 10.4. The number of hydrogen-bond acceptors (Lipinski definition) is 8. The highest BCUT2D eigenvalue weighted by molar-refractivity contribution is 8.04. The highest BCUT2D eigenvalue weighted by atomic mass is 32.2. The van der Waals surface area contributed by atoms with Crippen molar-refractivity contribution in [3.8, 4) is 5.75 Å². The van der Waals surface area contributed by atoms with Crippen LogP contribution in [0, 0.1) is 0 Å². The molecule has 1 aliphatic carbocycles. The zero-order chi connectivity index (χ0) is 25.3. The summed E-state index contributed by atoms with van der Waals surface area (Å²) in [7, 11) is 0. The van der Waals surface area contributed by atoms with E-state index in [1.54, 1.807) is 48.5 Å². The summed E-state index contributed by atoms with van der Waals surface area (Å²) in [6.07, 6.45) is 1.16. The summed E-state index contributed by atoms with van der Waals surface area (Å²) in [6, 6.07) is 17.4. The molecule has 3 N–H and O–H groups in total. The van der Waals surface area contributed by atoms with Gasteiger partial charge in [-0.25, -0.2) is 4.79 Å². The number of carbonyl (C=O) groups is 4. The Morgan fingerprint density at radius 2 is 1.72 bits per heavy atom. The maximum atomic E-state index is 13.0. The van der Waals surface area contributed by atoms with E-state index in [1.165, 1.54) is 17.8 Å². The van der Waals surface area contributed by atoms with Gasteiger partial charge in [0.05, 0.1) is 10.5 Å². The van der Waals surface area contributed by atoms with Crippen LogP contribution in [0.3, 0.4) is 0 Å². The molecule has 184 valence electrons. The zero-order valence-corrected chi connectivity index (χ0v) is 19.8. The number of allylic oxidation sites excluding steroid dienone is 2. The molecule has 4 rings (SSSR count). The number of fused-ring (bicyclic) bond motifs is 1. The smallest absolute Gasteiger partial charge is 0.410 e. The van der Waals surface area contributed by atoms with Gasteiger partial charge in [-0.1, -0.05) is 36.4 Å². The van der Waals surface area contributed by atoms with Gasteiger partial charge >= 0.3 is 6.09 Å². The molecule has 0 fully saturated rings. The van der Waals surface area contributed by atoms with E-state index in [9.17, 15) is 19.2 Å². The van der Waals surface area contributed by atoms with Crippen LogP contribution in [0.15, 0.2) is 71.6 Å². The Morgan fingerprint density at radius 3 is 2.47 bits per heavy atom. The lowest BCUT2D eigenvalue weighted by Gasteiger charge is -2.12. The number of thioether (sulfide) groups is 1. The number of ether oxygens (including phenoxy) is 2. The number of ketones is 2. The lowest BCUT2D eigenvalue weighted by molar-refractivity contribution is 0.0979. The van der Waals surface area contributed by atoms with Crippen molar-refractivity contribution in [3.63, 3.8) is 0 Å². The van der Waals surface area contributed by atoms with Gasteiger partial charge in [0, 0.05) is 24.1 Å². The third-order valence-electron chi connectivity index (χ3n) is 4.93. The summed E-state index contributed by atoms with van der Waals surface area (Å²) in [4.78, 5) is 50.1. The van der Waals surface area contributed by atoms with Crippen LogP contribution in [0.25, 0.3) is 0 Å². The number of nitrogens with one attached hydrogen (secondary N) is 3. The van der Waals surface area contributed by atoms with Crippen LogP contribution in [-0.2, 0) is 4.74 Å². The quantitative estimate of drug-likeness (QED) is 0.279. The minimum atomic E-state index is -0.630. The first kappa shape index (κ1) is 24.9. The molecule has 0 saturated carbocycles. The van der Waals surface area contributed by atoms with Crippen LogP contribution in [-0.4, -0.2) is 52.9 Å². The standard InChI is InChI=1S/C25H22N4O6S/c30-18-14-19(36-13-7-12-34-15-26-25(33)35-17-10-5-2-6-11-17)23(31)20-21(18)28-29-22(20)24(32)27-16-8-3-1-4-9-16/h1-6,8-11,14H,7,12-13,15H2,(H,26,33)(H,27,32)(H,28,29). The predicted octanol–water partition coefficient (Wildman–Crippen LogP) is 3.81. The van der Waals surface area contributed by atoms with Crippen LogP contribution in [0.5, 0.6) is 5.75 Å². The van der Waals surface area contributed by atoms with E-state index in [0.717, 1.165) is 0 Å². The fourth-order valence-electron chi connectivity index (χ4n) is 3.26. The topological polar surface area (TPSA) is 139 Å². The number of amides is 2. The Labute approximate surface area is 210 Å². The third-order valence-corrected chi connectivity index (χ3v) is 6.04. The van der Waals surface area contributed by atoms with Crippen molar-refractivity contribution in [2.24, 2.45) is 0 Å². The molecule has 36 heavy (non-hydrogen) atoms. The number of hydrogen-bond donors (Lipinski definition) is 3. The SMILES string of the molecule is O=C(NCOCCCSC1=CC(=O)c2n[nH]c(C(=O)Nc3ccccc3)c2C1=O)Oc1ccccc1. The summed E-state index contributed by atoms with van der Waals surface area (Å²) in [6.45, 7) is 0.282. The van der Waals surface area contributed by atoms with Gasteiger partial charge in [-0.3, -0.25) is 24.8 Å². The highest BCUT2D eigenvalue weighted by Gasteiger charge is 2.33. The van der Waals surface area contributed by atoms with E-state index >= 15 is 0 Å². The molecule has 1 heterocycles. The molecular formula is C25H22N4O6S. The van der Waals surface area contributed by atoms with Crippen molar-refractivity contribution in [2.75, 3.05) is 24.4 Å². The Hall–Kier alpha value is -4.22. The van der Waals surface area contributed by atoms with Crippen LogP contribution in [0.4, 0.5) is 10.5 Å². The minimum absolute atomic E-state index is 0.0317. The normalized spacial score (nSPS) is 12.5. The van der Waals surface area contributed by atoms with Gasteiger partial charge in [-0.15, -0.1) is 11.8 Å². The predicted molar refractivity (Wildman–Crippen MR) is 133 cm³/mol. The number of aromatic amines is 1. The molecule has 2 amide bonds. The van der Waals surface area contributed by atoms with Crippen molar-refractivity contribution in [1.29, 1.82) is 0 Å². The summed E-state index contributed by atoms with van der Waals surface area (Å²) >= 11 is 1.19. The first-order valence-electron chi connectivity index (χ1n) is 11.0. The monoisotopic (exact) mass is 506 g/mol. The Bertz CT molecular complexity index is 1290. The van der Waals surface area contributed by atoms with E-state index in [2.05, 4.69) is 20.8 Å². The molecule has 10 nitrogen and oxygen atoms in total. The van der Waals surface area contributed by atoms with Crippen LogP contribution >= 0.6 is 11.8 Å². The van der Waals surface area contributed by atoms with Gasteiger partial charge in [0.25, 0.3) is 5.91 Å². The van der Waals surface area contributed by atoms with E-state index in [-0.39, 0.29) is 28.6 Å². The molecule has 3 aromatic rings. The van der Waals surface area contributed by atoms with Crippen LogP contribution in [0.2, 0.25) is 0 Å².